The zero-order valence-electron chi connectivity index (χ0n) is 9.09. The second kappa shape index (κ2) is 5.13. The standard InChI is InChI=1S/C12H20N2/c1-9-3-4-11(10(2)7-9)8-12(14)5-6-13/h3-4,7,12H,5-6,8,13-14H2,1-2H3/t12-/m1/s1. The highest BCUT2D eigenvalue weighted by molar-refractivity contribution is 5.30. The van der Waals surface area contributed by atoms with Crippen LogP contribution in [-0.2, 0) is 6.42 Å². The van der Waals surface area contributed by atoms with Crippen molar-refractivity contribution in [1.29, 1.82) is 0 Å². The average Bonchev–Trinajstić information content (AvgIpc) is 2.10. The van der Waals surface area contributed by atoms with Gasteiger partial charge in [-0.1, -0.05) is 23.8 Å². The van der Waals surface area contributed by atoms with Crippen LogP contribution in [0.15, 0.2) is 18.2 Å². The molecule has 1 rings (SSSR count). The SMILES string of the molecule is Cc1ccc(C[C@H](N)CCN)c(C)c1. The van der Waals surface area contributed by atoms with Crippen LogP contribution in [0.1, 0.15) is 23.1 Å². The summed E-state index contributed by atoms with van der Waals surface area (Å²) in [5, 5.41) is 0. The van der Waals surface area contributed by atoms with Crippen LogP contribution in [0.3, 0.4) is 0 Å². The minimum atomic E-state index is 0.196. The summed E-state index contributed by atoms with van der Waals surface area (Å²) in [7, 11) is 0. The Hall–Kier alpha value is -0.860. The largest absolute Gasteiger partial charge is 0.330 e. The fourth-order valence-corrected chi connectivity index (χ4v) is 1.67. The van der Waals surface area contributed by atoms with Crippen molar-refractivity contribution >= 4 is 0 Å². The topological polar surface area (TPSA) is 52.0 Å². The molecule has 0 unspecified atom stereocenters. The van der Waals surface area contributed by atoms with E-state index in [1.807, 2.05) is 0 Å². The van der Waals surface area contributed by atoms with E-state index in [0.717, 1.165) is 12.8 Å². The minimum absolute atomic E-state index is 0.196. The molecule has 1 aromatic carbocycles. The van der Waals surface area contributed by atoms with Crippen LogP contribution < -0.4 is 11.5 Å². The molecular weight excluding hydrogens is 172 g/mol. The predicted molar refractivity (Wildman–Crippen MR) is 61.3 cm³/mol. The maximum absolute atomic E-state index is 5.94. The predicted octanol–water partition coefficient (Wildman–Crippen LogP) is 1.52. The van der Waals surface area contributed by atoms with Gasteiger partial charge in [0.25, 0.3) is 0 Å². The Kier molecular flexibility index (Phi) is 4.11. The smallest absolute Gasteiger partial charge is 0.00914 e. The van der Waals surface area contributed by atoms with E-state index in [0.29, 0.717) is 6.54 Å². The highest BCUT2D eigenvalue weighted by atomic mass is 14.6. The van der Waals surface area contributed by atoms with Crippen LogP contribution in [0.5, 0.6) is 0 Å². The molecule has 14 heavy (non-hydrogen) atoms. The van der Waals surface area contributed by atoms with Gasteiger partial charge < -0.3 is 11.5 Å². The molecule has 0 bridgehead atoms. The molecular formula is C12H20N2. The molecule has 0 spiro atoms. The van der Waals surface area contributed by atoms with Gasteiger partial charge >= 0.3 is 0 Å². The van der Waals surface area contributed by atoms with Crippen molar-refractivity contribution in [3.05, 3.63) is 34.9 Å². The van der Waals surface area contributed by atoms with Crippen LogP contribution in [-0.4, -0.2) is 12.6 Å². The van der Waals surface area contributed by atoms with E-state index in [-0.39, 0.29) is 6.04 Å². The molecule has 0 amide bonds. The van der Waals surface area contributed by atoms with Gasteiger partial charge in [0.2, 0.25) is 0 Å². The second-order valence-corrected chi connectivity index (χ2v) is 3.97. The Morgan fingerprint density at radius 2 is 2.00 bits per heavy atom. The minimum Gasteiger partial charge on any atom is -0.330 e. The average molecular weight is 192 g/mol. The van der Waals surface area contributed by atoms with Gasteiger partial charge in [-0.2, -0.15) is 0 Å². The van der Waals surface area contributed by atoms with Crippen molar-refractivity contribution in [1.82, 2.24) is 0 Å². The first-order chi connectivity index (χ1) is 6.63. The summed E-state index contributed by atoms with van der Waals surface area (Å²) in [5.74, 6) is 0. The monoisotopic (exact) mass is 192 g/mol. The van der Waals surface area contributed by atoms with Crippen molar-refractivity contribution in [2.24, 2.45) is 11.5 Å². The second-order valence-electron chi connectivity index (χ2n) is 3.97. The lowest BCUT2D eigenvalue weighted by Gasteiger charge is -2.12. The summed E-state index contributed by atoms with van der Waals surface area (Å²) >= 11 is 0. The first kappa shape index (κ1) is 11.2. The Morgan fingerprint density at radius 1 is 1.29 bits per heavy atom. The van der Waals surface area contributed by atoms with Crippen LogP contribution in [0.2, 0.25) is 0 Å². The zero-order valence-corrected chi connectivity index (χ0v) is 9.09. The highest BCUT2D eigenvalue weighted by Crippen LogP contribution is 2.12. The van der Waals surface area contributed by atoms with Gasteiger partial charge in [-0.25, -0.2) is 0 Å². The molecule has 78 valence electrons. The molecule has 0 aliphatic rings. The summed E-state index contributed by atoms with van der Waals surface area (Å²) in [6, 6.07) is 6.70. The Bertz CT molecular complexity index is 294. The molecule has 2 heteroatoms. The van der Waals surface area contributed by atoms with Crippen molar-refractivity contribution in [3.63, 3.8) is 0 Å². The molecule has 0 saturated carbocycles. The molecule has 0 aromatic heterocycles. The van der Waals surface area contributed by atoms with Crippen LogP contribution in [0.4, 0.5) is 0 Å². The van der Waals surface area contributed by atoms with E-state index >= 15 is 0 Å². The molecule has 0 aliphatic carbocycles. The van der Waals surface area contributed by atoms with Crippen LogP contribution in [0.25, 0.3) is 0 Å². The number of hydrogen-bond donors (Lipinski definition) is 2. The maximum Gasteiger partial charge on any atom is 0.00914 e. The lowest BCUT2D eigenvalue weighted by atomic mass is 9.98. The molecule has 4 N–H and O–H groups in total. The van der Waals surface area contributed by atoms with Gasteiger partial charge in [-0.15, -0.1) is 0 Å². The molecule has 0 heterocycles. The van der Waals surface area contributed by atoms with Gasteiger partial charge in [0.1, 0.15) is 0 Å². The van der Waals surface area contributed by atoms with E-state index < -0.39 is 0 Å². The fourth-order valence-electron chi connectivity index (χ4n) is 1.67. The maximum atomic E-state index is 5.94. The summed E-state index contributed by atoms with van der Waals surface area (Å²) < 4.78 is 0. The first-order valence-corrected chi connectivity index (χ1v) is 5.15. The van der Waals surface area contributed by atoms with Gasteiger partial charge in [0, 0.05) is 6.04 Å². The number of aryl methyl sites for hydroxylation is 2. The summed E-state index contributed by atoms with van der Waals surface area (Å²) in [6.45, 7) is 4.92. The van der Waals surface area contributed by atoms with Crippen LogP contribution >= 0.6 is 0 Å². The Balaban J connectivity index is 2.67. The molecule has 0 fully saturated rings. The molecule has 0 radical (unpaired) electrons. The first-order valence-electron chi connectivity index (χ1n) is 5.15. The molecule has 1 atom stereocenters. The van der Waals surface area contributed by atoms with Crippen molar-refractivity contribution < 1.29 is 0 Å². The lowest BCUT2D eigenvalue weighted by Crippen LogP contribution is -2.26. The van der Waals surface area contributed by atoms with Crippen LogP contribution in [0, 0.1) is 13.8 Å². The number of rotatable bonds is 4. The van der Waals surface area contributed by atoms with E-state index in [1.165, 1.54) is 16.7 Å². The summed E-state index contributed by atoms with van der Waals surface area (Å²) in [5.41, 5.74) is 15.4. The third-order valence-corrected chi connectivity index (χ3v) is 2.52. The third kappa shape index (κ3) is 3.13. The van der Waals surface area contributed by atoms with E-state index in [1.54, 1.807) is 0 Å². The molecule has 0 aliphatic heterocycles. The number of benzene rings is 1. The Labute approximate surface area is 86.3 Å². The van der Waals surface area contributed by atoms with Crippen molar-refractivity contribution in [3.8, 4) is 0 Å². The molecule has 1 aromatic rings. The van der Waals surface area contributed by atoms with Gasteiger partial charge in [0.15, 0.2) is 0 Å². The zero-order chi connectivity index (χ0) is 10.6. The highest BCUT2D eigenvalue weighted by Gasteiger charge is 2.05. The number of hydrogen-bond acceptors (Lipinski definition) is 2. The quantitative estimate of drug-likeness (QED) is 0.760. The number of nitrogens with two attached hydrogens (primary N) is 2. The van der Waals surface area contributed by atoms with Gasteiger partial charge in [-0.05, 0) is 44.4 Å². The van der Waals surface area contributed by atoms with Gasteiger partial charge in [-0.3, -0.25) is 0 Å². The summed E-state index contributed by atoms with van der Waals surface area (Å²) in [6.07, 6.45) is 1.83. The fraction of sp³-hybridized carbons (Fsp3) is 0.500. The third-order valence-electron chi connectivity index (χ3n) is 2.52. The normalized spacial score (nSPS) is 12.9. The lowest BCUT2D eigenvalue weighted by molar-refractivity contribution is 0.617. The van der Waals surface area contributed by atoms with Crippen molar-refractivity contribution in [2.75, 3.05) is 6.54 Å². The Morgan fingerprint density at radius 3 is 2.57 bits per heavy atom. The molecule has 2 nitrogen and oxygen atoms in total. The summed E-state index contributed by atoms with van der Waals surface area (Å²) in [4.78, 5) is 0. The van der Waals surface area contributed by atoms with E-state index in [2.05, 4.69) is 32.0 Å². The molecule has 0 saturated heterocycles. The van der Waals surface area contributed by atoms with E-state index in [9.17, 15) is 0 Å². The van der Waals surface area contributed by atoms with E-state index in [4.69, 9.17) is 11.5 Å². The van der Waals surface area contributed by atoms with Crippen molar-refractivity contribution in [2.45, 2.75) is 32.7 Å². The van der Waals surface area contributed by atoms with Gasteiger partial charge in [0.05, 0.1) is 0 Å².